The summed E-state index contributed by atoms with van der Waals surface area (Å²) in [5, 5.41) is 19.7. The van der Waals surface area contributed by atoms with Gasteiger partial charge in [0.1, 0.15) is 0 Å². The highest BCUT2D eigenvalue weighted by Crippen LogP contribution is 1.97. The average molecular weight is 292 g/mol. The number of carbonyl (C=O) groups is 3. The molecule has 0 aromatic rings. The first-order valence-electron chi connectivity index (χ1n) is 5.91. The van der Waals surface area contributed by atoms with Crippen LogP contribution < -0.4 is 5.32 Å². The molecular weight excluding hydrogens is 272 g/mol. The Balaban J connectivity index is 4.53. The van der Waals surface area contributed by atoms with E-state index in [1.807, 2.05) is 0 Å². The number of esters is 1. The van der Waals surface area contributed by atoms with Crippen LogP contribution in [0.3, 0.4) is 0 Å². The van der Waals surface area contributed by atoms with Crippen LogP contribution in [0.4, 0.5) is 4.79 Å². The second-order valence-corrected chi connectivity index (χ2v) is 3.83. The van der Waals surface area contributed by atoms with Crippen molar-refractivity contribution in [3.63, 3.8) is 0 Å². The van der Waals surface area contributed by atoms with Gasteiger partial charge in [-0.25, -0.2) is 9.59 Å². The van der Waals surface area contributed by atoms with Crippen LogP contribution in [0.5, 0.6) is 0 Å². The van der Waals surface area contributed by atoms with Gasteiger partial charge in [0.25, 0.3) is 0 Å². The first-order chi connectivity index (χ1) is 9.46. The molecule has 0 aromatic carbocycles. The Labute approximate surface area is 116 Å². The van der Waals surface area contributed by atoms with E-state index in [2.05, 4.69) is 10.1 Å². The fourth-order valence-electron chi connectivity index (χ4n) is 1.27. The van der Waals surface area contributed by atoms with E-state index in [-0.39, 0.29) is 26.1 Å². The summed E-state index contributed by atoms with van der Waals surface area (Å²) in [5.74, 6) is -1.84. The standard InChI is InChI=1S/C11H20N2O7/c1-19-6-5-13(4-3-9(15)20-2)11(18)12-8(7-14)10(16)17/h8,14H,3-7H2,1-2H3,(H,12,18)(H,16,17)/t8-/m0/s1. The van der Waals surface area contributed by atoms with Gasteiger partial charge >= 0.3 is 18.0 Å². The van der Waals surface area contributed by atoms with Gasteiger partial charge in [0.2, 0.25) is 0 Å². The molecular formula is C11H20N2O7. The molecule has 0 heterocycles. The van der Waals surface area contributed by atoms with Gasteiger partial charge in [0.15, 0.2) is 6.04 Å². The Hall–Kier alpha value is -1.87. The fourth-order valence-corrected chi connectivity index (χ4v) is 1.27. The lowest BCUT2D eigenvalue weighted by atomic mass is 10.3. The molecule has 0 spiro atoms. The third-order valence-electron chi connectivity index (χ3n) is 2.44. The topological polar surface area (TPSA) is 125 Å². The van der Waals surface area contributed by atoms with Gasteiger partial charge in [-0.05, 0) is 0 Å². The number of carbonyl (C=O) groups excluding carboxylic acids is 2. The SMILES string of the molecule is COCCN(CCC(=O)OC)C(=O)N[C@@H](CO)C(=O)O. The van der Waals surface area contributed by atoms with Crippen LogP contribution in [0, 0.1) is 0 Å². The van der Waals surface area contributed by atoms with Crippen molar-refractivity contribution < 1.29 is 34.1 Å². The van der Waals surface area contributed by atoms with E-state index in [0.717, 1.165) is 0 Å². The maximum absolute atomic E-state index is 11.9. The number of nitrogens with zero attached hydrogens (tertiary/aromatic N) is 1. The maximum atomic E-state index is 11.9. The second kappa shape index (κ2) is 9.98. The van der Waals surface area contributed by atoms with Crippen LogP contribution >= 0.6 is 0 Å². The van der Waals surface area contributed by atoms with Crippen LogP contribution in [-0.4, -0.2) is 79.6 Å². The first-order valence-corrected chi connectivity index (χ1v) is 5.91. The zero-order valence-electron chi connectivity index (χ0n) is 11.5. The summed E-state index contributed by atoms with van der Waals surface area (Å²) in [6.45, 7) is -0.265. The molecule has 0 saturated carbocycles. The molecule has 0 bridgehead atoms. The minimum absolute atomic E-state index is 0.0233. The van der Waals surface area contributed by atoms with Crippen LogP contribution in [-0.2, 0) is 19.1 Å². The Kier molecular flexibility index (Phi) is 9.05. The number of rotatable bonds is 9. The molecule has 0 unspecified atom stereocenters. The molecule has 0 radical (unpaired) electrons. The van der Waals surface area contributed by atoms with Gasteiger partial charge in [0.05, 0.1) is 26.7 Å². The van der Waals surface area contributed by atoms with E-state index in [9.17, 15) is 14.4 Å². The number of aliphatic hydroxyl groups is 1. The monoisotopic (exact) mass is 292 g/mol. The van der Waals surface area contributed by atoms with Gasteiger partial charge < -0.3 is 29.9 Å². The van der Waals surface area contributed by atoms with E-state index in [1.165, 1.54) is 19.1 Å². The number of hydrogen-bond donors (Lipinski definition) is 3. The highest BCUT2D eigenvalue weighted by molar-refractivity contribution is 5.83. The summed E-state index contributed by atoms with van der Waals surface area (Å²) >= 11 is 0. The number of aliphatic carboxylic acids is 1. The van der Waals surface area contributed by atoms with Crippen molar-refractivity contribution >= 4 is 18.0 Å². The molecule has 20 heavy (non-hydrogen) atoms. The largest absolute Gasteiger partial charge is 0.480 e. The predicted octanol–water partition coefficient (Wildman–Crippen LogP) is -1.35. The molecule has 0 aliphatic carbocycles. The number of amides is 2. The van der Waals surface area contributed by atoms with E-state index < -0.39 is 30.6 Å². The number of carboxylic acid groups (broad SMARTS) is 1. The quantitative estimate of drug-likeness (QED) is 0.449. The lowest BCUT2D eigenvalue weighted by molar-refractivity contribution is -0.141. The van der Waals surface area contributed by atoms with Crippen molar-refractivity contribution in [1.82, 2.24) is 10.2 Å². The van der Waals surface area contributed by atoms with E-state index in [4.69, 9.17) is 14.9 Å². The fraction of sp³-hybridized carbons (Fsp3) is 0.727. The molecule has 2 amide bonds. The summed E-state index contributed by atoms with van der Waals surface area (Å²) in [4.78, 5) is 34.8. The zero-order chi connectivity index (χ0) is 15.5. The molecule has 0 aromatic heterocycles. The van der Waals surface area contributed by atoms with Gasteiger partial charge in [-0.15, -0.1) is 0 Å². The normalized spacial score (nSPS) is 11.6. The van der Waals surface area contributed by atoms with Crippen molar-refractivity contribution in [2.24, 2.45) is 0 Å². The molecule has 9 nitrogen and oxygen atoms in total. The second-order valence-electron chi connectivity index (χ2n) is 3.83. The summed E-state index contributed by atoms with van der Waals surface area (Å²) in [6.07, 6.45) is -0.0233. The number of urea groups is 1. The lowest BCUT2D eigenvalue weighted by Crippen LogP contribution is -2.50. The third kappa shape index (κ3) is 6.90. The number of ether oxygens (including phenoxy) is 2. The van der Waals surface area contributed by atoms with E-state index in [1.54, 1.807) is 0 Å². The number of hydrogen-bond acceptors (Lipinski definition) is 6. The molecule has 0 aliphatic heterocycles. The Morgan fingerprint density at radius 3 is 2.35 bits per heavy atom. The predicted molar refractivity (Wildman–Crippen MR) is 67.1 cm³/mol. The number of nitrogens with one attached hydrogen (secondary N) is 1. The van der Waals surface area contributed by atoms with E-state index in [0.29, 0.717) is 0 Å². The molecule has 116 valence electrons. The molecule has 0 saturated heterocycles. The molecule has 0 aliphatic rings. The lowest BCUT2D eigenvalue weighted by Gasteiger charge is -2.24. The van der Waals surface area contributed by atoms with Crippen LogP contribution in [0.2, 0.25) is 0 Å². The Morgan fingerprint density at radius 1 is 1.25 bits per heavy atom. The minimum atomic E-state index is -1.40. The number of carboxylic acids is 1. The summed E-state index contributed by atoms with van der Waals surface area (Å²) in [7, 11) is 2.68. The third-order valence-corrected chi connectivity index (χ3v) is 2.44. The first kappa shape index (κ1) is 18.1. The summed E-state index contributed by atoms with van der Waals surface area (Å²) < 4.78 is 9.29. The van der Waals surface area contributed by atoms with Crippen molar-refractivity contribution in [3.8, 4) is 0 Å². The minimum Gasteiger partial charge on any atom is -0.480 e. The number of aliphatic hydroxyl groups excluding tert-OH is 1. The molecule has 9 heteroatoms. The molecule has 1 atom stereocenters. The van der Waals surface area contributed by atoms with Crippen molar-refractivity contribution in [3.05, 3.63) is 0 Å². The van der Waals surface area contributed by atoms with Crippen LogP contribution in [0.1, 0.15) is 6.42 Å². The van der Waals surface area contributed by atoms with Gasteiger partial charge in [0, 0.05) is 20.2 Å². The van der Waals surface area contributed by atoms with Crippen LogP contribution in [0.25, 0.3) is 0 Å². The van der Waals surface area contributed by atoms with Crippen molar-refractivity contribution in [2.45, 2.75) is 12.5 Å². The van der Waals surface area contributed by atoms with Gasteiger partial charge in [-0.3, -0.25) is 4.79 Å². The maximum Gasteiger partial charge on any atom is 0.328 e. The van der Waals surface area contributed by atoms with Gasteiger partial charge in [-0.2, -0.15) is 0 Å². The average Bonchev–Trinajstić information content (AvgIpc) is 2.43. The van der Waals surface area contributed by atoms with Crippen LogP contribution in [0.15, 0.2) is 0 Å². The highest BCUT2D eigenvalue weighted by atomic mass is 16.5. The number of methoxy groups -OCH3 is 2. The molecule has 3 N–H and O–H groups in total. The summed E-state index contributed by atoms with van der Waals surface area (Å²) in [6, 6.07) is -2.10. The zero-order valence-corrected chi connectivity index (χ0v) is 11.5. The Bertz CT molecular complexity index is 335. The van der Waals surface area contributed by atoms with Crippen molar-refractivity contribution in [1.29, 1.82) is 0 Å². The summed E-state index contributed by atoms with van der Waals surface area (Å²) in [5.41, 5.74) is 0. The van der Waals surface area contributed by atoms with Crippen molar-refractivity contribution in [2.75, 3.05) is 40.5 Å². The van der Waals surface area contributed by atoms with Gasteiger partial charge in [-0.1, -0.05) is 0 Å². The smallest absolute Gasteiger partial charge is 0.328 e. The molecule has 0 fully saturated rings. The molecule has 0 rings (SSSR count). The van der Waals surface area contributed by atoms with E-state index >= 15 is 0 Å². The Morgan fingerprint density at radius 2 is 1.90 bits per heavy atom. The highest BCUT2D eigenvalue weighted by Gasteiger charge is 2.22.